The number of H-pyrrole nitrogens is 1. The van der Waals surface area contributed by atoms with Crippen molar-refractivity contribution in [1.29, 1.82) is 0 Å². The molecule has 2 aromatic carbocycles. The van der Waals surface area contributed by atoms with Crippen molar-refractivity contribution in [2.24, 2.45) is 0 Å². The molecule has 0 unspecified atom stereocenters. The zero-order valence-corrected chi connectivity index (χ0v) is 14.1. The van der Waals surface area contributed by atoms with Crippen LogP contribution in [0.2, 0.25) is 0 Å². The van der Waals surface area contributed by atoms with Gasteiger partial charge in [-0.15, -0.1) is 0 Å². The third-order valence-corrected chi connectivity index (χ3v) is 5.24. The lowest BCUT2D eigenvalue weighted by Crippen LogP contribution is -2.45. The molecule has 0 aliphatic rings. The van der Waals surface area contributed by atoms with Crippen LogP contribution in [-0.4, -0.2) is 21.3 Å². The SMILES string of the molecule is CC(C)(O)C(C)(C)OSc1ccc2[nH]c3ccccc3c2c1. The third-order valence-electron chi connectivity index (χ3n) is 4.30. The second-order valence-corrected chi connectivity index (χ2v) is 7.42. The number of aliphatic hydroxyl groups is 1. The van der Waals surface area contributed by atoms with Gasteiger partial charge >= 0.3 is 0 Å². The Morgan fingerprint density at radius 2 is 1.64 bits per heavy atom. The minimum absolute atomic E-state index is 0.646. The average Bonchev–Trinajstić information content (AvgIpc) is 2.82. The predicted molar refractivity (Wildman–Crippen MR) is 93.1 cm³/mol. The molecule has 0 bridgehead atoms. The summed E-state index contributed by atoms with van der Waals surface area (Å²) in [6.45, 7) is 7.31. The summed E-state index contributed by atoms with van der Waals surface area (Å²) >= 11 is 1.31. The molecule has 3 nitrogen and oxygen atoms in total. The van der Waals surface area contributed by atoms with E-state index in [1.54, 1.807) is 13.8 Å². The highest BCUT2D eigenvalue weighted by atomic mass is 32.2. The molecule has 0 fully saturated rings. The van der Waals surface area contributed by atoms with Crippen LogP contribution in [0.3, 0.4) is 0 Å². The van der Waals surface area contributed by atoms with Gasteiger partial charge in [0, 0.05) is 38.7 Å². The molecule has 1 heterocycles. The molecule has 3 rings (SSSR count). The van der Waals surface area contributed by atoms with Crippen molar-refractivity contribution < 1.29 is 9.29 Å². The fraction of sp³-hybridized carbons (Fsp3) is 0.333. The van der Waals surface area contributed by atoms with Crippen LogP contribution >= 0.6 is 12.0 Å². The highest BCUT2D eigenvalue weighted by molar-refractivity contribution is 7.94. The molecule has 3 aromatic rings. The first-order chi connectivity index (χ1) is 10.3. The van der Waals surface area contributed by atoms with Gasteiger partial charge in [-0.1, -0.05) is 18.2 Å². The molecule has 2 N–H and O–H groups in total. The van der Waals surface area contributed by atoms with Crippen LogP contribution in [0, 0.1) is 0 Å². The second kappa shape index (κ2) is 5.30. The van der Waals surface area contributed by atoms with E-state index < -0.39 is 11.2 Å². The van der Waals surface area contributed by atoms with E-state index in [4.69, 9.17) is 4.18 Å². The number of aromatic nitrogens is 1. The fourth-order valence-corrected chi connectivity index (χ4v) is 2.93. The monoisotopic (exact) mass is 315 g/mol. The zero-order chi connectivity index (χ0) is 16.0. The van der Waals surface area contributed by atoms with Crippen molar-refractivity contribution in [1.82, 2.24) is 4.98 Å². The maximum Gasteiger partial charge on any atom is 0.106 e. The Balaban J connectivity index is 1.91. The summed E-state index contributed by atoms with van der Waals surface area (Å²) in [6.07, 6.45) is 0. The van der Waals surface area contributed by atoms with Crippen molar-refractivity contribution in [3.05, 3.63) is 42.5 Å². The van der Waals surface area contributed by atoms with Gasteiger partial charge in [0.05, 0.1) is 5.60 Å². The maximum absolute atomic E-state index is 10.2. The van der Waals surface area contributed by atoms with Crippen molar-refractivity contribution in [2.45, 2.75) is 43.8 Å². The van der Waals surface area contributed by atoms with Gasteiger partial charge in [-0.05, 0) is 52.0 Å². The number of fused-ring (bicyclic) bond motifs is 3. The highest BCUT2D eigenvalue weighted by Crippen LogP contribution is 2.35. The van der Waals surface area contributed by atoms with Crippen LogP contribution in [0.25, 0.3) is 21.8 Å². The number of nitrogens with one attached hydrogen (secondary N) is 1. The molecule has 0 atom stereocenters. The normalized spacial score (nSPS) is 13.1. The molecule has 0 radical (unpaired) electrons. The van der Waals surface area contributed by atoms with E-state index in [2.05, 4.69) is 29.2 Å². The van der Waals surface area contributed by atoms with E-state index in [9.17, 15) is 5.11 Å². The van der Waals surface area contributed by atoms with Gasteiger partial charge in [-0.2, -0.15) is 0 Å². The van der Waals surface area contributed by atoms with Gasteiger partial charge in [0.15, 0.2) is 0 Å². The first-order valence-corrected chi connectivity index (χ1v) is 8.11. The standard InChI is InChI=1S/C18H21NO2S/c1-17(2,20)18(3,4)21-22-12-9-10-16-14(11-12)13-7-5-6-8-15(13)19-16/h5-11,19-20H,1-4H3. The summed E-state index contributed by atoms with van der Waals surface area (Å²) in [5.74, 6) is 0. The van der Waals surface area contributed by atoms with Gasteiger partial charge in [-0.3, -0.25) is 0 Å². The summed E-state index contributed by atoms with van der Waals surface area (Å²) in [6, 6.07) is 14.5. The van der Waals surface area contributed by atoms with E-state index >= 15 is 0 Å². The van der Waals surface area contributed by atoms with E-state index in [1.165, 1.54) is 22.8 Å². The number of para-hydroxylation sites is 1. The molecule has 22 heavy (non-hydrogen) atoms. The van der Waals surface area contributed by atoms with Crippen LogP contribution in [0.1, 0.15) is 27.7 Å². The third kappa shape index (κ3) is 2.74. The Hall–Kier alpha value is -1.49. The molecule has 116 valence electrons. The lowest BCUT2D eigenvalue weighted by Gasteiger charge is -2.35. The number of hydrogen-bond acceptors (Lipinski definition) is 3. The summed E-state index contributed by atoms with van der Waals surface area (Å²) in [5, 5.41) is 12.6. The Labute approximate surface area is 134 Å². The van der Waals surface area contributed by atoms with Crippen LogP contribution in [0.4, 0.5) is 0 Å². The van der Waals surface area contributed by atoms with Crippen LogP contribution in [-0.2, 0) is 4.18 Å². The molecule has 0 amide bonds. The summed E-state index contributed by atoms with van der Waals surface area (Å²) in [4.78, 5) is 4.43. The van der Waals surface area contributed by atoms with E-state index in [0.717, 1.165) is 15.9 Å². The lowest BCUT2D eigenvalue weighted by molar-refractivity contribution is -0.0813. The largest absolute Gasteiger partial charge is 0.387 e. The molecular weight excluding hydrogens is 294 g/mol. The number of hydrogen-bond donors (Lipinski definition) is 2. The second-order valence-electron chi connectivity index (χ2n) is 6.61. The number of benzene rings is 2. The van der Waals surface area contributed by atoms with E-state index in [1.807, 2.05) is 32.0 Å². The first-order valence-electron chi connectivity index (χ1n) is 7.36. The summed E-state index contributed by atoms with van der Waals surface area (Å²) < 4.78 is 5.87. The lowest BCUT2D eigenvalue weighted by atomic mass is 9.90. The smallest absolute Gasteiger partial charge is 0.106 e. The van der Waals surface area contributed by atoms with Crippen molar-refractivity contribution in [3.63, 3.8) is 0 Å². The Bertz CT molecular complexity index is 815. The van der Waals surface area contributed by atoms with Crippen molar-refractivity contribution in [3.8, 4) is 0 Å². The quantitative estimate of drug-likeness (QED) is 0.673. The van der Waals surface area contributed by atoms with E-state index in [0.29, 0.717) is 0 Å². The Morgan fingerprint density at radius 3 is 2.36 bits per heavy atom. The highest BCUT2D eigenvalue weighted by Gasteiger charge is 2.36. The molecule has 0 aliphatic heterocycles. The predicted octanol–water partition coefficient (Wildman–Crippen LogP) is 4.89. The number of aromatic amines is 1. The first kappa shape index (κ1) is 15.4. The Kier molecular flexibility index (Phi) is 3.71. The molecule has 1 aromatic heterocycles. The van der Waals surface area contributed by atoms with Crippen molar-refractivity contribution >= 4 is 33.8 Å². The molecule has 0 saturated carbocycles. The minimum atomic E-state index is -0.912. The molecule has 0 spiro atoms. The van der Waals surface area contributed by atoms with Crippen molar-refractivity contribution in [2.75, 3.05) is 0 Å². The zero-order valence-electron chi connectivity index (χ0n) is 13.3. The van der Waals surface area contributed by atoms with Crippen LogP contribution < -0.4 is 0 Å². The van der Waals surface area contributed by atoms with E-state index in [-0.39, 0.29) is 0 Å². The van der Waals surface area contributed by atoms with Crippen LogP contribution in [0.5, 0.6) is 0 Å². The summed E-state index contributed by atoms with van der Waals surface area (Å²) in [7, 11) is 0. The van der Waals surface area contributed by atoms with Gasteiger partial charge in [0.1, 0.15) is 5.60 Å². The van der Waals surface area contributed by atoms with Gasteiger partial charge in [0.2, 0.25) is 0 Å². The molecule has 0 saturated heterocycles. The molecular formula is C18H21NO2S. The van der Waals surface area contributed by atoms with Gasteiger partial charge in [0.25, 0.3) is 0 Å². The average molecular weight is 315 g/mol. The summed E-state index contributed by atoms with van der Waals surface area (Å²) in [5.41, 5.74) is 0.697. The van der Waals surface area contributed by atoms with Gasteiger partial charge < -0.3 is 14.3 Å². The fourth-order valence-electron chi connectivity index (χ4n) is 2.13. The maximum atomic E-state index is 10.2. The minimum Gasteiger partial charge on any atom is -0.387 e. The van der Waals surface area contributed by atoms with Crippen LogP contribution in [0.15, 0.2) is 47.4 Å². The Morgan fingerprint density at radius 1 is 0.955 bits per heavy atom. The topological polar surface area (TPSA) is 45.2 Å². The molecule has 0 aliphatic carbocycles. The van der Waals surface area contributed by atoms with Gasteiger partial charge in [-0.25, -0.2) is 0 Å². The molecule has 4 heteroatoms. The number of rotatable bonds is 4.